The van der Waals surface area contributed by atoms with E-state index in [9.17, 15) is 0 Å². The van der Waals surface area contributed by atoms with Gasteiger partial charge in [-0.2, -0.15) is 0 Å². The zero-order valence-corrected chi connectivity index (χ0v) is 10.1. The van der Waals surface area contributed by atoms with E-state index in [0.717, 1.165) is 43.9 Å². The molecule has 2 N–H and O–H groups in total. The number of rotatable bonds is 3. The van der Waals surface area contributed by atoms with Crippen molar-refractivity contribution in [2.75, 3.05) is 18.4 Å². The summed E-state index contributed by atoms with van der Waals surface area (Å²) in [6.07, 6.45) is 4.87. The van der Waals surface area contributed by atoms with Crippen LogP contribution in [0.3, 0.4) is 0 Å². The summed E-state index contributed by atoms with van der Waals surface area (Å²) in [5, 5.41) is 6.92. The van der Waals surface area contributed by atoms with Gasteiger partial charge in [-0.3, -0.25) is 0 Å². The van der Waals surface area contributed by atoms with E-state index in [1.54, 1.807) is 6.33 Å². The maximum absolute atomic E-state index is 4.28. The Hall–Kier alpha value is -1.16. The Morgan fingerprint density at radius 2 is 2.12 bits per heavy atom. The van der Waals surface area contributed by atoms with Crippen LogP contribution >= 0.6 is 0 Å². The van der Waals surface area contributed by atoms with Crippen LogP contribution in [-0.4, -0.2) is 28.6 Å². The van der Waals surface area contributed by atoms with Gasteiger partial charge in [-0.25, -0.2) is 9.97 Å². The van der Waals surface area contributed by atoms with Crippen molar-refractivity contribution in [1.82, 2.24) is 15.3 Å². The average Bonchev–Trinajstić information content (AvgIpc) is 2.29. The summed E-state index contributed by atoms with van der Waals surface area (Å²) in [6.45, 7) is 6.53. The van der Waals surface area contributed by atoms with Gasteiger partial charge in [-0.15, -0.1) is 0 Å². The Kier molecular flexibility index (Phi) is 3.39. The van der Waals surface area contributed by atoms with Crippen LogP contribution < -0.4 is 10.6 Å². The van der Waals surface area contributed by atoms with Crippen molar-refractivity contribution in [2.45, 2.75) is 38.6 Å². The van der Waals surface area contributed by atoms with Gasteiger partial charge in [0, 0.05) is 17.3 Å². The normalized spacial score (nSPS) is 19.4. The first-order valence-corrected chi connectivity index (χ1v) is 6.02. The van der Waals surface area contributed by atoms with Crippen LogP contribution in [0, 0.1) is 0 Å². The average molecular weight is 220 g/mol. The molecule has 16 heavy (non-hydrogen) atoms. The number of anilines is 1. The van der Waals surface area contributed by atoms with Crippen molar-refractivity contribution >= 4 is 5.82 Å². The van der Waals surface area contributed by atoms with Gasteiger partial charge in [-0.1, -0.05) is 6.92 Å². The zero-order valence-electron chi connectivity index (χ0n) is 10.1. The second-order valence-electron chi connectivity index (χ2n) is 4.68. The van der Waals surface area contributed by atoms with Gasteiger partial charge in [0.05, 0.1) is 0 Å². The number of aromatic nitrogens is 2. The highest BCUT2D eigenvalue weighted by Crippen LogP contribution is 2.22. The predicted octanol–water partition coefficient (Wildman–Crippen LogP) is 1.59. The molecule has 0 radical (unpaired) electrons. The first-order chi connectivity index (χ1) is 7.72. The van der Waals surface area contributed by atoms with Crippen LogP contribution in [-0.2, 0) is 6.42 Å². The van der Waals surface area contributed by atoms with E-state index in [1.165, 1.54) is 0 Å². The van der Waals surface area contributed by atoms with Crippen molar-refractivity contribution < 1.29 is 0 Å². The van der Waals surface area contributed by atoms with Gasteiger partial charge in [0.1, 0.15) is 12.1 Å². The van der Waals surface area contributed by atoms with Crippen molar-refractivity contribution in [3.8, 4) is 0 Å². The Bertz CT molecular complexity index is 345. The number of hydrogen-bond donors (Lipinski definition) is 2. The molecular formula is C12H20N4. The highest BCUT2D eigenvalue weighted by atomic mass is 15.1. The molecule has 0 aromatic carbocycles. The largest absolute Gasteiger partial charge is 0.365 e. The lowest BCUT2D eigenvalue weighted by Crippen LogP contribution is -2.45. The quantitative estimate of drug-likeness (QED) is 0.812. The molecule has 0 aliphatic carbocycles. The van der Waals surface area contributed by atoms with Crippen LogP contribution in [0.5, 0.6) is 0 Å². The third-order valence-corrected chi connectivity index (χ3v) is 3.22. The molecule has 1 fully saturated rings. The number of hydrogen-bond acceptors (Lipinski definition) is 4. The third-order valence-electron chi connectivity index (χ3n) is 3.22. The van der Waals surface area contributed by atoms with Crippen LogP contribution in [0.4, 0.5) is 5.82 Å². The molecule has 0 bridgehead atoms. The molecule has 2 heterocycles. The lowest BCUT2D eigenvalue weighted by atomic mass is 9.90. The SMILES string of the molecule is CCc1cc(NC2(C)CCNCC2)ncn1. The smallest absolute Gasteiger partial charge is 0.130 e. The maximum atomic E-state index is 4.28. The second-order valence-corrected chi connectivity index (χ2v) is 4.68. The summed E-state index contributed by atoms with van der Waals surface area (Å²) in [5.74, 6) is 0.955. The Balaban J connectivity index is 2.07. The van der Waals surface area contributed by atoms with Crippen LogP contribution in [0.25, 0.3) is 0 Å². The molecule has 0 atom stereocenters. The molecule has 4 nitrogen and oxygen atoms in total. The van der Waals surface area contributed by atoms with Crippen LogP contribution in [0.1, 0.15) is 32.4 Å². The monoisotopic (exact) mass is 220 g/mol. The first-order valence-electron chi connectivity index (χ1n) is 6.02. The van der Waals surface area contributed by atoms with Gasteiger partial charge >= 0.3 is 0 Å². The number of nitrogens with one attached hydrogen (secondary N) is 2. The lowest BCUT2D eigenvalue weighted by molar-refractivity contribution is 0.364. The highest BCUT2D eigenvalue weighted by Gasteiger charge is 2.26. The van der Waals surface area contributed by atoms with Crippen molar-refractivity contribution in [2.24, 2.45) is 0 Å². The van der Waals surface area contributed by atoms with Gasteiger partial charge in [-0.05, 0) is 39.3 Å². The predicted molar refractivity (Wildman–Crippen MR) is 65.5 cm³/mol. The number of aryl methyl sites for hydroxylation is 1. The van der Waals surface area contributed by atoms with Gasteiger partial charge in [0.15, 0.2) is 0 Å². The molecule has 0 saturated carbocycles. The Morgan fingerprint density at radius 3 is 2.81 bits per heavy atom. The molecule has 1 aliphatic heterocycles. The van der Waals surface area contributed by atoms with Crippen LogP contribution in [0.2, 0.25) is 0 Å². The van der Waals surface area contributed by atoms with E-state index in [2.05, 4.69) is 34.4 Å². The van der Waals surface area contributed by atoms with E-state index in [1.807, 2.05) is 6.07 Å². The van der Waals surface area contributed by atoms with Crippen LogP contribution in [0.15, 0.2) is 12.4 Å². The molecule has 0 amide bonds. The van der Waals surface area contributed by atoms with E-state index in [4.69, 9.17) is 0 Å². The minimum Gasteiger partial charge on any atom is -0.365 e. The summed E-state index contributed by atoms with van der Waals surface area (Å²) in [7, 11) is 0. The second kappa shape index (κ2) is 4.78. The van der Waals surface area contributed by atoms with Crippen molar-refractivity contribution in [1.29, 1.82) is 0 Å². The standard InChI is InChI=1S/C12H20N4/c1-3-10-8-11(15-9-14-10)16-12(2)4-6-13-7-5-12/h8-9,13H,3-7H2,1-2H3,(H,14,15,16). The maximum Gasteiger partial charge on any atom is 0.130 e. The molecule has 1 aromatic heterocycles. The molecule has 88 valence electrons. The summed E-state index contributed by atoms with van der Waals surface area (Å²) >= 11 is 0. The third kappa shape index (κ3) is 2.70. The molecule has 1 aliphatic rings. The van der Waals surface area contributed by atoms with Crippen molar-refractivity contribution in [3.05, 3.63) is 18.1 Å². The molecule has 0 spiro atoms. The van der Waals surface area contributed by atoms with E-state index >= 15 is 0 Å². The number of nitrogens with zero attached hydrogens (tertiary/aromatic N) is 2. The fourth-order valence-electron chi connectivity index (χ4n) is 2.07. The fraction of sp³-hybridized carbons (Fsp3) is 0.667. The summed E-state index contributed by atoms with van der Waals surface area (Å²) < 4.78 is 0. The van der Waals surface area contributed by atoms with Crippen molar-refractivity contribution in [3.63, 3.8) is 0 Å². The molecule has 1 aromatic rings. The molecule has 4 heteroatoms. The minimum atomic E-state index is 0.171. The summed E-state index contributed by atoms with van der Waals surface area (Å²) in [6, 6.07) is 2.05. The Labute approximate surface area is 96.9 Å². The van der Waals surface area contributed by atoms with E-state index < -0.39 is 0 Å². The molecular weight excluding hydrogens is 200 g/mol. The van der Waals surface area contributed by atoms with E-state index in [-0.39, 0.29) is 5.54 Å². The lowest BCUT2D eigenvalue weighted by Gasteiger charge is -2.35. The fourth-order valence-corrected chi connectivity index (χ4v) is 2.07. The molecule has 1 saturated heterocycles. The Morgan fingerprint density at radius 1 is 1.38 bits per heavy atom. The highest BCUT2D eigenvalue weighted by molar-refractivity contribution is 5.38. The minimum absolute atomic E-state index is 0.171. The zero-order chi connectivity index (χ0) is 11.4. The molecule has 0 unspecified atom stereocenters. The first kappa shape index (κ1) is 11.3. The summed E-state index contributed by atoms with van der Waals surface area (Å²) in [5.41, 5.74) is 1.26. The summed E-state index contributed by atoms with van der Waals surface area (Å²) in [4.78, 5) is 8.49. The van der Waals surface area contributed by atoms with Gasteiger partial charge in [0.25, 0.3) is 0 Å². The topological polar surface area (TPSA) is 49.8 Å². The van der Waals surface area contributed by atoms with E-state index in [0.29, 0.717) is 0 Å². The van der Waals surface area contributed by atoms with Gasteiger partial charge < -0.3 is 10.6 Å². The number of piperidine rings is 1. The molecule has 2 rings (SSSR count). The van der Waals surface area contributed by atoms with Gasteiger partial charge in [0.2, 0.25) is 0 Å².